The average molecular weight is 408 g/mol. The molecule has 7 heteroatoms. The van der Waals surface area contributed by atoms with Crippen LogP contribution in [0.5, 0.6) is 0 Å². The molecule has 1 aliphatic rings. The van der Waals surface area contributed by atoms with Gasteiger partial charge >= 0.3 is 0 Å². The summed E-state index contributed by atoms with van der Waals surface area (Å²) >= 11 is 12.0. The third-order valence-corrected chi connectivity index (χ3v) is 4.72. The molecule has 1 atom stereocenters. The Balaban J connectivity index is 2.02. The van der Waals surface area contributed by atoms with Gasteiger partial charge in [-0.25, -0.2) is 4.98 Å². The van der Waals surface area contributed by atoms with Crippen LogP contribution in [0.4, 0.5) is 5.82 Å². The number of hydrogen-bond donors (Lipinski definition) is 1. The van der Waals surface area contributed by atoms with Gasteiger partial charge in [0.05, 0.1) is 15.5 Å². The molecule has 0 amide bonds. The monoisotopic (exact) mass is 406 g/mol. The third kappa shape index (κ3) is 3.65. The van der Waals surface area contributed by atoms with Crippen LogP contribution in [0.15, 0.2) is 21.2 Å². The van der Waals surface area contributed by atoms with E-state index in [0.29, 0.717) is 4.99 Å². The lowest BCUT2D eigenvalue weighted by molar-refractivity contribution is 0.238. The number of halogens is 2. The van der Waals surface area contributed by atoms with E-state index in [1.54, 1.807) is 0 Å². The number of aromatic nitrogens is 1. The zero-order valence-electron chi connectivity index (χ0n) is 10.6. The fraction of sp³-hybridized carbons (Fsp3) is 0.500. The molecule has 1 saturated heterocycles. The summed E-state index contributed by atoms with van der Waals surface area (Å²) in [7, 11) is 0. The van der Waals surface area contributed by atoms with E-state index < -0.39 is 0 Å². The second-order valence-corrected chi connectivity index (χ2v) is 6.80. The molecule has 2 rings (SSSR count). The van der Waals surface area contributed by atoms with E-state index >= 15 is 0 Å². The number of piperazine rings is 1. The van der Waals surface area contributed by atoms with Crippen molar-refractivity contribution in [2.45, 2.75) is 13.0 Å². The molecule has 4 nitrogen and oxygen atoms in total. The Kier molecular flexibility index (Phi) is 5.16. The van der Waals surface area contributed by atoms with Crippen molar-refractivity contribution in [2.75, 3.05) is 31.1 Å². The summed E-state index contributed by atoms with van der Waals surface area (Å²) in [5.41, 5.74) is 5.70. The summed E-state index contributed by atoms with van der Waals surface area (Å²) in [6.45, 7) is 5.82. The first-order valence-electron chi connectivity index (χ1n) is 6.08. The minimum absolute atomic E-state index is 0.165. The Bertz CT molecular complexity index is 475. The zero-order chi connectivity index (χ0) is 14.0. The number of rotatable bonds is 3. The number of pyridine rings is 1. The van der Waals surface area contributed by atoms with Crippen molar-refractivity contribution >= 4 is 54.9 Å². The summed E-state index contributed by atoms with van der Waals surface area (Å²) in [6.07, 6.45) is 1.82. The lowest BCUT2D eigenvalue weighted by atomic mass is 10.2. The molecule has 0 bridgehead atoms. The van der Waals surface area contributed by atoms with Crippen LogP contribution >= 0.6 is 44.1 Å². The fourth-order valence-electron chi connectivity index (χ4n) is 2.14. The molecule has 0 spiro atoms. The van der Waals surface area contributed by atoms with Crippen molar-refractivity contribution < 1.29 is 0 Å². The predicted molar refractivity (Wildman–Crippen MR) is 89.7 cm³/mol. The normalized spacial score (nSPS) is 18.4. The first-order chi connectivity index (χ1) is 8.99. The Morgan fingerprint density at radius 2 is 2.00 bits per heavy atom. The molecular weight excluding hydrogens is 392 g/mol. The second kappa shape index (κ2) is 6.47. The van der Waals surface area contributed by atoms with Gasteiger partial charge in [-0.05, 0) is 44.8 Å². The molecule has 19 heavy (non-hydrogen) atoms. The molecule has 0 aromatic carbocycles. The van der Waals surface area contributed by atoms with E-state index in [-0.39, 0.29) is 6.04 Å². The highest BCUT2D eigenvalue weighted by Gasteiger charge is 2.24. The largest absolute Gasteiger partial charge is 0.392 e. The minimum atomic E-state index is 0.165. The fourth-order valence-corrected chi connectivity index (χ4v) is 3.53. The van der Waals surface area contributed by atoms with E-state index in [9.17, 15) is 0 Å². The third-order valence-electron chi connectivity index (χ3n) is 3.36. The summed E-state index contributed by atoms with van der Waals surface area (Å²) < 4.78 is 1.99. The first kappa shape index (κ1) is 15.2. The standard InChI is InChI=1S/C12H16Br2N4S/c1-8(11(15)19)17-2-4-18(5-3-17)12-10(14)6-9(13)7-16-12/h6-8H,2-5H2,1H3,(H2,15,19). The summed E-state index contributed by atoms with van der Waals surface area (Å²) in [5, 5.41) is 0. The van der Waals surface area contributed by atoms with Gasteiger partial charge in [-0.2, -0.15) is 0 Å². The van der Waals surface area contributed by atoms with Gasteiger partial charge in [0.1, 0.15) is 5.82 Å². The molecule has 1 aliphatic heterocycles. The number of thiocarbonyl (C=S) groups is 1. The summed E-state index contributed by atoms with van der Waals surface area (Å²) in [6, 6.07) is 2.19. The molecule has 104 valence electrons. The number of nitrogens with zero attached hydrogens (tertiary/aromatic N) is 3. The van der Waals surface area contributed by atoms with E-state index in [4.69, 9.17) is 18.0 Å². The van der Waals surface area contributed by atoms with Gasteiger partial charge in [0, 0.05) is 36.8 Å². The van der Waals surface area contributed by atoms with Crippen LogP contribution in [0, 0.1) is 0 Å². The Labute approximate surface area is 135 Å². The van der Waals surface area contributed by atoms with E-state index in [1.165, 1.54) is 0 Å². The number of hydrogen-bond acceptors (Lipinski definition) is 4. The molecule has 0 aliphatic carbocycles. The Morgan fingerprint density at radius 3 is 2.53 bits per heavy atom. The SMILES string of the molecule is CC(C(N)=S)N1CCN(c2ncc(Br)cc2Br)CC1. The van der Waals surface area contributed by atoms with Crippen LogP contribution in [0.3, 0.4) is 0 Å². The Morgan fingerprint density at radius 1 is 1.37 bits per heavy atom. The van der Waals surface area contributed by atoms with Crippen molar-refractivity contribution in [2.24, 2.45) is 5.73 Å². The van der Waals surface area contributed by atoms with Gasteiger partial charge in [0.15, 0.2) is 0 Å². The van der Waals surface area contributed by atoms with Crippen LogP contribution in [0.1, 0.15) is 6.92 Å². The highest BCUT2D eigenvalue weighted by Crippen LogP contribution is 2.27. The number of nitrogens with two attached hydrogens (primary N) is 1. The maximum atomic E-state index is 5.70. The van der Waals surface area contributed by atoms with Crippen molar-refractivity contribution in [3.8, 4) is 0 Å². The molecule has 1 aromatic heterocycles. The van der Waals surface area contributed by atoms with Gasteiger partial charge < -0.3 is 10.6 Å². The average Bonchev–Trinajstić information content (AvgIpc) is 2.38. The molecule has 2 heterocycles. The Hall–Kier alpha value is -0.240. The lowest BCUT2D eigenvalue weighted by Crippen LogP contribution is -2.53. The van der Waals surface area contributed by atoms with Crippen molar-refractivity contribution in [3.05, 3.63) is 21.2 Å². The summed E-state index contributed by atoms with van der Waals surface area (Å²) in [4.78, 5) is 9.62. The van der Waals surface area contributed by atoms with Crippen molar-refractivity contribution in [3.63, 3.8) is 0 Å². The minimum Gasteiger partial charge on any atom is -0.392 e. The summed E-state index contributed by atoms with van der Waals surface area (Å²) in [5.74, 6) is 0.992. The number of anilines is 1. The van der Waals surface area contributed by atoms with Gasteiger partial charge in [-0.3, -0.25) is 4.90 Å². The molecule has 1 fully saturated rings. The molecule has 0 saturated carbocycles. The van der Waals surface area contributed by atoms with Crippen LogP contribution in [-0.4, -0.2) is 47.1 Å². The maximum Gasteiger partial charge on any atom is 0.143 e. The molecular formula is C12H16Br2N4S. The molecule has 2 N–H and O–H groups in total. The zero-order valence-corrected chi connectivity index (χ0v) is 14.6. The highest BCUT2D eigenvalue weighted by atomic mass is 79.9. The maximum absolute atomic E-state index is 5.70. The van der Waals surface area contributed by atoms with Crippen molar-refractivity contribution in [1.82, 2.24) is 9.88 Å². The lowest BCUT2D eigenvalue weighted by Gasteiger charge is -2.38. The van der Waals surface area contributed by atoms with E-state index in [0.717, 1.165) is 40.9 Å². The first-order valence-corrected chi connectivity index (χ1v) is 8.08. The van der Waals surface area contributed by atoms with Crippen LogP contribution < -0.4 is 10.6 Å². The molecule has 0 radical (unpaired) electrons. The molecule has 1 aromatic rings. The van der Waals surface area contributed by atoms with Crippen LogP contribution in [0.2, 0.25) is 0 Å². The van der Waals surface area contributed by atoms with Gasteiger partial charge in [-0.15, -0.1) is 0 Å². The predicted octanol–water partition coefficient (Wildman–Crippen LogP) is 2.40. The molecule has 1 unspecified atom stereocenters. The van der Waals surface area contributed by atoms with E-state index in [1.807, 2.05) is 12.3 Å². The van der Waals surface area contributed by atoms with Crippen LogP contribution in [-0.2, 0) is 0 Å². The smallest absolute Gasteiger partial charge is 0.143 e. The second-order valence-electron chi connectivity index (χ2n) is 4.56. The highest BCUT2D eigenvalue weighted by molar-refractivity contribution is 9.11. The van der Waals surface area contributed by atoms with Gasteiger partial charge in [0.2, 0.25) is 0 Å². The topological polar surface area (TPSA) is 45.4 Å². The van der Waals surface area contributed by atoms with Crippen LogP contribution in [0.25, 0.3) is 0 Å². The van der Waals surface area contributed by atoms with Gasteiger partial charge in [0.25, 0.3) is 0 Å². The van der Waals surface area contributed by atoms with Gasteiger partial charge in [-0.1, -0.05) is 12.2 Å². The van der Waals surface area contributed by atoms with E-state index in [2.05, 4.69) is 53.6 Å². The quantitative estimate of drug-likeness (QED) is 0.779. The van der Waals surface area contributed by atoms with Crippen molar-refractivity contribution in [1.29, 1.82) is 0 Å².